The van der Waals surface area contributed by atoms with E-state index in [1.165, 1.54) is 109 Å². The maximum absolute atomic E-state index is 2.49. The van der Waals surface area contributed by atoms with Gasteiger partial charge in [0, 0.05) is 0 Å². The quantitative estimate of drug-likeness (QED) is 0.162. The number of hydrogen-bond acceptors (Lipinski definition) is 0. The topological polar surface area (TPSA) is 0 Å². The van der Waals surface area contributed by atoms with Crippen molar-refractivity contribution < 1.29 is 0 Å². The van der Waals surface area contributed by atoms with E-state index < -0.39 is 0 Å². The van der Waals surface area contributed by atoms with Crippen LogP contribution in [0, 0.1) is 0 Å². The van der Waals surface area contributed by atoms with Crippen LogP contribution in [0.4, 0.5) is 0 Å². The summed E-state index contributed by atoms with van der Waals surface area (Å²) in [6.07, 6.45) is 0. The van der Waals surface area contributed by atoms with Crippen molar-refractivity contribution in [2.45, 2.75) is 0 Å². The van der Waals surface area contributed by atoms with Crippen LogP contribution in [0.25, 0.3) is 109 Å². The lowest BCUT2D eigenvalue weighted by Gasteiger charge is -2.21. The summed E-state index contributed by atoms with van der Waals surface area (Å²) in [6.45, 7) is 0. The lowest BCUT2D eigenvalue weighted by Crippen LogP contribution is -1.94. The molecule has 0 aliphatic rings. The van der Waals surface area contributed by atoms with Crippen molar-refractivity contribution >= 4 is 64.6 Å². The third-order valence-electron chi connectivity index (χ3n) is 11.4. The van der Waals surface area contributed by atoms with Crippen molar-refractivity contribution in [3.63, 3.8) is 0 Å². The summed E-state index contributed by atoms with van der Waals surface area (Å²) < 4.78 is 0. The number of fused-ring (bicyclic) bond motifs is 6. The molecule has 0 N–H and O–H groups in total. The van der Waals surface area contributed by atoms with Gasteiger partial charge in [-0.05, 0) is 146 Å². The van der Waals surface area contributed by atoms with E-state index in [2.05, 4.69) is 206 Å². The lowest BCUT2D eigenvalue weighted by molar-refractivity contribution is 1.63. The highest BCUT2D eigenvalue weighted by molar-refractivity contribution is 6.23. The van der Waals surface area contributed by atoms with Gasteiger partial charge in [0.15, 0.2) is 0 Å². The van der Waals surface area contributed by atoms with Crippen LogP contribution in [0.3, 0.4) is 0 Å². The van der Waals surface area contributed by atoms with Gasteiger partial charge in [-0.15, -0.1) is 0 Å². The highest BCUT2D eigenvalue weighted by Gasteiger charge is 2.21. The minimum atomic E-state index is 1.21. The molecule has 0 aliphatic heterocycles. The summed E-state index contributed by atoms with van der Waals surface area (Å²) in [7, 11) is 0. The average Bonchev–Trinajstić information content (AvgIpc) is 3.24. The monoisotopic (exact) mass is 682 g/mol. The van der Waals surface area contributed by atoms with Crippen LogP contribution in [-0.4, -0.2) is 0 Å². The first-order valence-electron chi connectivity index (χ1n) is 18.7. The molecule has 0 fully saturated rings. The van der Waals surface area contributed by atoms with Gasteiger partial charge in [0.1, 0.15) is 0 Å². The molecule has 0 radical (unpaired) electrons. The zero-order valence-electron chi connectivity index (χ0n) is 29.6. The number of benzene rings is 11. The highest BCUT2D eigenvalue weighted by atomic mass is 14.2. The van der Waals surface area contributed by atoms with Gasteiger partial charge in [-0.25, -0.2) is 0 Å². The number of hydrogen-bond donors (Lipinski definition) is 0. The van der Waals surface area contributed by atoms with E-state index in [4.69, 9.17) is 0 Å². The average molecular weight is 683 g/mol. The molecule has 11 aromatic carbocycles. The van der Waals surface area contributed by atoms with E-state index in [9.17, 15) is 0 Å². The Morgan fingerprint density at radius 1 is 0.185 bits per heavy atom. The summed E-state index contributed by atoms with van der Waals surface area (Å²) in [5.41, 5.74) is 9.86. The summed E-state index contributed by atoms with van der Waals surface area (Å²) in [4.78, 5) is 0. The largest absolute Gasteiger partial charge is 0.0616 e. The summed E-state index contributed by atoms with van der Waals surface area (Å²) in [6, 6.07) is 76.5. The molecule has 0 saturated heterocycles. The van der Waals surface area contributed by atoms with Crippen LogP contribution in [0.2, 0.25) is 0 Å². The van der Waals surface area contributed by atoms with E-state index in [1.807, 2.05) is 0 Å². The van der Waals surface area contributed by atoms with Crippen LogP contribution in [0.5, 0.6) is 0 Å². The van der Waals surface area contributed by atoms with Crippen molar-refractivity contribution in [3.8, 4) is 44.5 Å². The van der Waals surface area contributed by atoms with Crippen LogP contribution in [0.15, 0.2) is 206 Å². The Morgan fingerprint density at radius 2 is 0.463 bits per heavy atom. The molecule has 0 bridgehead atoms. The Morgan fingerprint density at radius 3 is 0.815 bits per heavy atom. The Bertz CT molecular complexity index is 3050. The van der Waals surface area contributed by atoms with Crippen molar-refractivity contribution in [2.75, 3.05) is 0 Å². The van der Waals surface area contributed by atoms with E-state index in [0.717, 1.165) is 0 Å². The molecule has 0 unspecified atom stereocenters. The molecule has 0 spiro atoms. The molecule has 0 heterocycles. The van der Waals surface area contributed by atoms with Gasteiger partial charge in [-0.2, -0.15) is 0 Å². The second-order valence-corrected chi connectivity index (χ2v) is 14.5. The zero-order valence-corrected chi connectivity index (χ0v) is 29.6. The highest BCUT2D eigenvalue weighted by Crippen LogP contribution is 2.48. The first-order valence-corrected chi connectivity index (χ1v) is 18.7. The third kappa shape index (κ3) is 4.99. The molecule has 0 saturated carbocycles. The van der Waals surface area contributed by atoms with E-state index in [1.54, 1.807) is 0 Å². The van der Waals surface area contributed by atoms with Crippen LogP contribution in [-0.2, 0) is 0 Å². The summed E-state index contributed by atoms with van der Waals surface area (Å²) >= 11 is 0. The second kappa shape index (κ2) is 12.3. The minimum absolute atomic E-state index is 1.21. The van der Waals surface area contributed by atoms with Crippen molar-refractivity contribution in [3.05, 3.63) is 206 Å². The summed E-state index contributed by atoms with van der Waals surface area (Å²) in [5, 5.41) is 15.0. The molecule has 0 heteroatoms. The van der Waals surface area contributed by atoms with Gasteiger partial charge >= 0.3 is 0 Å². The van der Waals surface area contributed by atoms with Gasteiger partial charge in [0.05, 0.1) is 0 Å². The molecule has 0 aromatic heterocycles. The first-order chi connectivity index (χ1) is 26.7. The molecule has 0 atom stereocenters. The Kier molecular flexibility index (Phi) is 6.97. The standard InChI is InChI=1S/C54H34/c1-5-15-39-29-43(25-21-35(39)11-1)49-33-51-52(34-50(49)44-26-22-36-12-2-6-16-40(36)30-44)54(46-28-24-38-14-4-8-18-42(38)32-46)48-20-10-9-19-47(48)53(51)45-27-23-37-13-3-7-17-41(37)31-45/h1-34H. The van der Waals surface area contributed by atoms with Crippen LogP contribution < -0.4 is 0 Å². The molecule has 0 amide bonds. The Labute approximate surface area is 314 Å². The van der Waals surface area contributed by atoms with Gasteiger partial charge in [-0.1, -0.05) is 170 Å². The van der Waals surface area contributed by atoms with Gasteiger partial charge in [0.25, 0.3) is 0 Å². The molecular formula is C54H34. The fraction of sp³-hybridized carbons (Fsp3) is 0. The Balaban J connectivity index is 1.32. The van der Waals surface area contributed by atoms with E-state index >= 15 is 0 Å². The van der Waals surface area contributed by atoms with Gasteiger partial charge < -0.3 is 0 Å². The molecule has 11 aromatic rings. The molecular weight excluding hydrogens is 649 g/mol. The van der Waals surface area contributed by atoms with Gasteiger partial charge in [-0.3, -0.25) is 0 Å². The van der Waals surface area contributed by atoms with Crippen molar-refractivity contribution in [1.29, 1.82) is 0 Å². The third-order valence-corrected chi connectivity index (χ3v) is 11.4. The smallest absolute Gasteiger partial charge is 0.00259 e. The van der Waals surface area contributed by atoms with Crippen LogP contribution >= 0.6 is 0 Å². The Hall–Kier alpha value is -7.02. The molecule has 0 aliphatic carbocycles. The van der Waals surface area contributed by atoms with Crippen LogP contribution in [0.1, 0.15) is 0 Å². The van der Waals surface area contributed by atoms with E-state index in [0.29, 0.717) is 0 Å². The minimum Gasteiger partial charge on any atom is -0.0616 e. The maximum atomic E-state index is 2.49. The molecule has 250 valence electrons. The van der Waals surface area contributed by atoms with E-state index in [-0.39, 0.29) is 0 Å². The fourth-order valence-corrected chi connectivity index (χ4v) is 8.73. The molecule has 0 nitrogen and oxygen atoms in total. The SMILES string of the molecule is c1ccc2cc(-c3cc4c(-c5ccc6ccccc6c5)c5ccccc5c(-c5ccc6ccccc6c5)c4cc3-c3ccc4ccccc4c3)ccc2c1. The normalized spacial score (nSPS) is 11.7. The first kappa shape index (κ1) is 30.6. The van der Waals surface area contributed by atoms with Gasteiger partial charge in [0.2, 0.25) is 0 Å². The molecule has 54 heavy (non-hydrogen) atoms. The number of rotatable bonds is 4. The molecule has 11 rings (SSSR count). The summed E-state index contributed by atoms with van der Waals surface area (Å²) in [5.74, 6) is 0. The fourth-order valence-electron chi connectivity index (χ4n) is 8.73. The predicted octanol–water partition coefficient (Wildman–Crippen LogP) is 15.3. The predicted molar refractivity (Wildman–Crippen MR) is 233 cm³/mol. The van der Waals surface area contributed by atoms with Crippen molar-refractivity contribution in [1.82, 2.24) is 0 Å². The van der Waals surface area contributed by atoms with Crippen molar-refractivity contribution in [2.24, 2.45) is 0 Å². The second-order valence-electron chi connectivity index (χ2n) is 14.5. The maximum Gasteiger partial charge on any atom is -0.00259 e. The zero-order chi connectivity index (χ0) is 35.6. The lowest BCUT2D eigenvalue weighted by atomic mass is 9.81.